The molecular weight excluding hydrogens is 386 g/mol. The number of rotatable bonds is 4. The SMILES string of the molecule is COC1CCC1NC(=O)c1cnc2c(N(C)C(=O)OC(C)(C)C)cc(Cl)nn12. The number of fused-ring (bicyclic) bond motifs is 1. The fraction of sp³-hybridized carbons (Fsp3) is 0.556. The maximum absolute atomic E-state index is 12.7. The van der Waals surface area contributed by atoms with Gasteiger partial charge in [0.2, 0.25) is 0 Å². The van der Waals surface area contributed by atoms with Crippen LogP contribution in [0, 0.1) is 0 Å². The number of ether oxygens (including phenoxy) is 2. The largest absolute Gasteiger partial charge is 0.443 e. The summed E-state index contributed by atoms with van der Waals surface area (Å²) < 4.78 is 12.0. The number of aromatic nitrogens is 3. The highest BCUT2D eigenvalue weighted by Crippen LogP contribution is 2.26. The molecule has 1 saturated carbocycles. The normalized spacial score (nSPS) is 19.2. The van der Waals surface area contributed by atoms with Gasteiger partial charge in [-0.1, -0.05) is 11.6 Å². The minimum absolute atomic E-state index is 0.00791. The zero-order valence-electron chi connectivity index (χ0n) is 16.5. The molecule has 10 heteroatoms. The number of methoxy groups -OCH3 is 1. The molecule has 28 heavy (non-hydrogen) atoms. The fourth-order valence-corrected chi connectivity index (χ4v) is 3.09. The molecule has 0 aromatic carbocycles. The van der Waals surface area contributed by atoms with Crippen molar-refractivity contribution in [3.05, 3.63) is 23.1 Å². The van der Waals surface area contributed by atoms with Gasteiger partial charge in [0.15, 0.2) is 16.5 Å². The second-order valence-corrected chi connectivity index (χ2v) is 8.09. The van der Waals surface area contributed by atoms with Crippen LogP contribution in [0.2, 0.25) is 5.15 Å². The maximum atomic E-state index is 12.7. The summed E-state index contributed by atoms with van der Waals surface area (Å²) in [4.78, 5) is 30.7. The van der Waals surface area contributed by atoms with Gasteiger partial charge in [-0.15, -0.1) is 0 Å². The van der Waals surface area contributed by atoms with Crippen LogP contribution in [0.25, 0.3) is 5.65 Å². The van der Waals surface area contributed by atoms with Crippen molar-refractivity contribution >= 4 is 34.9 Å². The number of imidazole rings is 1. The topological polar surface area (TPSA) is 98.1 Å². The van der Waals surface area contributed by atoms with Crippen LogP contribution in [0.1, 0.15) is 44.1 Å². The number of carbonyl (C=O) groups excluding carboxylic acids is 2. The lowest BCUT2D eigenvalue weighted by molar-refractivity contribution is 0.00717. The minimum atomic E-state index is -0.653. The Morgan fingerprint density at radius 2 is 2.07 bits per heavy atom. The second kappa shape index (κ2) is 7.56. The third kappa shape index (κ3) is 4.05. The van der Waals surface area contributed by atoms with Gasteiger partial charge in [-0.2, -0.15) is 5.10 Å². The molecule has 0 radical (unpaired) electrons. The molecule has 1 aliphatic rings. The minimum Gasteiger partial charge on any atom is -0.443 e. The van der Waals surface area contributed by atoms with Crippen LogP contribution >= 0.6 is 11.6 Å². The molecular formula is C18H24ClN5O4. The van der Waals surface area contributed by atoms with E-state index in [9.17, 15) is 9.59 Å². The standard InChI is InChI=1S/C18H24ClN5O4/c1-18(2,3)28-17(26)23(4)11-8-14(19)22-24-12(9-20-15(11)24)16(25)21-10-6-7-13(10)27-5/h8-10,13H,6-7H2,1-5H3,(H,21,25). The van der Waals surface area contributed by atoms with Crippen LogP contribution in [0.3, 0.4) is 0 Å². The smallest absolute Gasteiger partial charge is 0.414 e. The number of hydrogen-bond donors (Lipinski definition) is 1. The molecule has 2 amide bonds. The van der Waals surface area contributed by atoms with Crippen molar-refractivity contribution in [2.45, 2.75) is 51.4 Å². The number of nitrogens with one attached hydrogen (secondary N) is 1. The van der Waals surface area contributed by atoms with Crippen LogP contribution in [0.4, 0.5) is 10.5 Å². The van der Waals surface area contributed by atoms with Crippen molar-refractivity contribution in [1.29, 1.82) is 0 Å². The predicted octanol–water partition coefficient (Wildman–Crippen LogP) is 2.66. The highest BCUT2D eigenvalue weighted by molar-refractivity contribution is 6.29. The van der Waals surface area contributed by atoms with E-state index >= 15 is 0 Å². The molecule has 1 fully saturated rings. The Balaban J connectivity index is 1.90. The summed E-state index contributed by atoms with van der Waals surface area (Å²) in [7, 11) is 3.17. The molecule has 2 heterocycles. The Hall–Kier alpha value is -2.39. The summed E-state index contributed by atoms with van der Waals surface area (Å²) in [6, 6.07) is 1.45. The van der Waals surface area contributed by atoms with Gasteiger partial charge in [0.1, 0.15) is 5.60 Å². The number of halogens is 1. The Kier molecular flexibility index (Phi) is 5.49. The summed E-state index contributed by atoms with van der Waals surface area (Å²) in [5.41, 5.74) is 0.268. The highest BCUT2D eigenvalue weighted by Gasteiger charge is 2.33. The third-order valence-corrected chi connectivity index (χ3v) is 4.69. The summed E-state index contributed by atoms with van der Waals surface area (Å²) >= 11 is 6.14. The average molecular weight is 410 g/mol. The first-order valence-electron chi connectivity index (χ1n) is 8.95. The van der Waals surface area contributed by atoms with Gasteiger partial charge >= 0.3 is 6.09 Å². The molecule has 1 N–H and O–H groups in total. The van der Waals surface area contributed by atoms with E-state index in [1.807, 2.05) is 0 Å². The van der Waals surface area contributed by atoms with E-state index in [4.69, 9.17) is 21.1 Å². The number of carbonyl (C=O) groups is 2. The lowest BCUT2D eigenvalue weighted by Gasteiger charge is -2.35. The Bertz CT molecular complexity index is 905. The van der Waals surface area contributed by atoms with Gasteiger partial charge < -0.3 is 14.8 Å². The lowest BCUT2D eigenvalue weighted by atomic mass is 9.89. The molecule has 0 spiro atoms. The zero-order valence-corrected chi connectivity index (χ0v) is 17.3. The molecule has 2 atom stereocenters. The highest BCUT2D eigenvalue weighted by atomic mass is 35.5. The monoisotopic (exact) mass is 409 g/mol. The van der Waals surface area contributed by atoms with E-state index < -0.39 is 11.7 Å². The number of anilines is 1. The van der Waals surface area contributed by atoms with Crippen molar-refractivity contribution in [2.75, 3.05) is 19.1 Å². The van der Waals surface area contributed by atoms with Crippen LogP contribution in [0.5, 0.6) is 0 Å². The van der Waals surface area contributed by atoms with Gasteiger partial charge in [0.25, 0.3) is 5.91 Å². The average Bonchev–Trinajstić information content (AvgIpc) is 2.99. The molecule has 0 aliphatic heterocycles. The maximum Gasteiger partial charge on any atom is 0.414 e. The molecule has 2 unspecified atom stereocenters. The van der Waals surface area contributed by atoms with E-state index in [1.165, 1.54) is 21.7 Å². The molecule has 2 aromatic heterocycles. The first kappa shape index (κ1) is 20.3. The van der Waals surface area contributed by atoms with E-state index in [0.717, 1.165) is 12.8 Å². The molecule has 0 bridgehead atoms. The molecule has 3 rings (SSSR count). The Morgan fingerprint density at radius 3 is 2.64 bits per heavy atom. The Morgan fingerprint density at radius 1 is 1.36 bits per heavy atom. The quantitative estimate of drug-likeness (QED) is 0.833. The van der Waals surface area contributed by atoms with Crippen molar-refractivity contribution in [3.63, 3.8) is 0 Å². The van der Waals surface area contributed by atoms with Gasteiger partial charge in [0, 0.05) is 20.2 Å². The fourth-order valence-electron chi connectivity index (χ4n) is 2.91. The molecule has 9 nitrogen and oxygen atoms in total. The number of hydrogen-bond acceptors (Lipinski definition) is 6. The van der Waals surface area contributed by atoms with Gasteiger partial charge in [-0.05, 0) is 33.6 Å². The van der Waals surface area contributed by atoms with Crippen molar-refractivity contribution in [3.8, 4) is 0 Å². The molecule has 0 saturated heterocycles. The van der Waals surface area contributed by atoms with Crippen molar-refractivity contribution in [1.82, 2.24) is 19.9 Å². The summed E-state index contributed by atoms with van der Waals surface area (Å²) in [5, 5.41) is 7.21. The van der Waals surface area contributed by atoms with Crippen molar-refractivity contribution < 1.29 is 19.1 Å². The van der Waals surface area contributed by atoms with E-state index in [0.29, 0.717) is 11.3 Å². The van der Waals surface area contributed by atoms with Crippen LogP contribution in [0.15, 0.2) is 12.3 Å². The summed E-state index contributed by atoms with van der Waals surface area (Å²) in [5.74, 6) is -0.333. The van der Waals surface area contributed by atoms with Crippen molar-refractivity contribution in [2.24, 2.45) is 0 Å². The van der Waals surface area contributed by atoms with Gasteiger partial charge in [-0.3, -0.25) is 9.69 Å². The van der Waals surface area contributed by atoms with Gasteiger partial charge in [-0.25, -0.2) is 14.3 Å². The van der Waals surface area contributed by atoms with Crippen LogP contribution < -0.4 is 10.2 Å². The summed E-state index contributed by atoms with van der Waals surface area (Å²) in [6.45, 7) is 5.33. The Labute approximate surface area is 167 Å². The number of amides is 2. The second-order valence-electron chi connectivity index (χ2n) is 7.70. The lowest BCUT2D eigenvalue weighted by Crippen LogP contribution is -2.51. The molecule has 2 aromatic rings. The zero-order chi connectivity index (χ0) is 20.6. The first-order valence-corrected chi connectivity index (χ1v) is 9.33. The molecule has 152 valence electrons. The van der Waals surface area contributed by atoms with Crippen LogP contribution in [-0.4, -0.2) is 58.5 Å². The van der Waals surface area contributed by atoms with E-state index in [2.05, 4.69) is 15.4 Å². The van der Waals surface area contributed by atoms with E-state index in [-0.39, 0.29) is 28.9 Å². The van der Waals surface area contributed by atoms with Gasteiger partial charge in [0.05, 0.1) is 24.0 Å². The van der Waals surface area contributed by atoms with E-state index in [1.54, 1.807) is 34.9 Å². The predicted molar refractivity (Wildman–Crippen MR) is 104 cm³/mol. The first-order chi connectivity index (χ1) is 13.1. The third-order valence-electron chi connectivity index (χ3n) is 4.51. The number of nitrogens with zero attached hydrogens (tertiary/aromatic N) is 4. The van der Waals surface area contributed by atoms with Crippen LogP contribution in [-0.2, 0) is 9.47 Å². The summed E-state index contributed by atoms with van der Waals surface area (Å²) in [6.07, 6.45) is 2.60. The molecule has 1 aliphatic carbocycles.